The topological polar surface area (TPSA) is 49.3 Å². The summed E-state index contributed by atoms with van der Waals surface area (Å²) in [6, 6.07) is 1.51. The lowest BCUT2D eigenvalue weighted by Gasteiger charge is -2.43. The number of hydrogen-bond donors (Lipinski definition) is 1. The molecule has 1 aliphatic rings. The number of halogens is 2. The van der Waals surface area contributed by atoms with Crippen molar-refractivity contribution in [3.63, 3.8) is 0 Å². The van der Waals surface area contributed by atoms with Crippen molar-refractivity contribution < 1.29 is 9.50 Å². The third kappa shape index (κ3) is 2.26. The highest BCUT2D eigenvalue weighted by Crippen LogP contribution is 2.35. The predicted octanol–water partition coefficient (Wildman–Crippen LogP) is 2.84. The molecule has 0 unspecified atom stereocenters. The molecule has 0 amide bonds. The summed E-state index contributed by atoms with van der Waals surface area (Å²) in [6.45, 7) is 5.82. The fourth-order valence-electron chi connectivity index (χ4n) is 2.53. The van der Waals surface area contributed by atoms with Crippen LogP contribution >= 0.6 is 11.6 Å². The van der Waals surface area contributed by atoms with E-state index in [0.29, 0.717) is 23.1 Å². The van der Waals surface area contributed by atoms with E-state index in [4.69, 9.17) is 11.6 Å². The van der Waals surface area contributed by atoms with Gasteiger partial charge < -0.3 is 10.0 Å². The van der Waals surface area contributed by atoms with Crippen LogP contribution in [0.3, 0.4) is 0 Å². The summed E-state index contributed by atoms with van der Waals surface area (Å²) in [5, 5.41) is 11.2. The van der Waals surface area contributed by atoms with E-state index < -0.39 is 6.17 Å². The number of aromatic nitrogens is 2. The number of nitrogens with zero attached hydrogens (tertiary/aromatic N) is 3. The van der Waals surface area contributed by atoms with Crippen LogP contribution in [0.15, 0.2) is 25.0 Å². The van der Waals surface area contributed by atoms with Gasteiger partial charge in [-0.2, -0.15) is 0 Å². The van der Waals surface area contributed by atoms with Crippen LogP contribution in [0.4, 0.5) is 10.2 Å². The van der Waals surface area contributed by atoms with E-state index in [1.54, 1.807) is 18.5 Å². The second-order valence-corrected chi connectivity index (χ2v) is 5.61. The first-order valence-electron chi connectivity index (χ1n) is 6.67. The minimum Gasteiger partial charge on any atom is -0.392 e. The highest BCUT2D eigenvalue weighted by Gasteiger charge is 2.37. The largest absolute Gasteiger partial charge is 0.392 e. The summed E-state index contributed by atoms with van der Waals surface area (Å²) in [7, 11) is 0. The molecule has 2 aromatic rings. The fraction of sp³-hybridized carbons (Fsp3) is 0.333. The molecule has 0 radical (unpaired) electrons. The van der Waals surface area contributed by atoms with Crippen LogP contribution in [0.1, 0.15) is 12.5 Å². The minimum absolute atomic E-state index is 0.164. The zero-order valence-corrected chi connectivity index (χ0v) is 12.3. The lowest BCUT2D eigenvalue weighted by molar-refractivity contribution is 0.212. The Labute approximate surface area is 126 Å². The number of aliphatic hydroxyl groups excluding tert-OH is 1. The van der Waals surface area contributed by atoms with Crippen LogP contribution in [-0.2, 0) is 0 Å². The Morgan fingerprint density at radius 1 is 1.48 bits per heavy atom. The molecule has 21 heavy (non-hydrogen) atoms. The van der Waals surface area contributed by atoms with Crippen molar-refractivity contribution in [2.45, 2.75) is 19.1 Å². The molecule has 2 atom stereocenters. The van der Waals surface area contributed by atoms with Gasteiger partial charge >= 0.3 is 0 Å². The van der Waals surface area contributed by atoms with Crippen LogP contribution < -0.4 is 4.90 Å². The van der Waals surface area contributed by atoms with Gasteiger partial charge in [0, 0.05) is 23.3 Å². The zero-order chi connectivity index (χ0) is 15.1. The SMILES string of the molecule is C=C(CO)c1cnc(N2C[C@@H](F)[C@H]2C)c2cnc(Cl)cc12. The maximum atomic E-state index is 13.4. The van der Waals surface area contributed by atoms with E-state index in [1.807, 2.05) is 11.8 Å². The molecule has 0 bridgehead atoms. The molecular formula is C15H15ClFN3O. The summed E-state index contributed by atoms with van der Waals surface area (Å²) in [5.74, 6) is 0.685. The van der Waals surface area contributed by atoms with Crippen molar-refractivity contribution in [2.75, 3.05) is 18.1 Å². The number of anilines is 1. The molecule has 1 saturated heterocycles. The second-order valence-electron chi connectivity index (χ2n) is 5.22. The van der Waals surface area contributed by atoms with Crippen LogP contribution in [0.5, 0.6) is 0 Å². The van der Waals surface area contributed by atoms with Gasteiger partial charge in [-0.15, -0.1) is 0 Å². The minimum atomic E-state index is -0.839. The van der Waals surface area contributed by atoms with Crippen molar-refractivity contribution in [3.8, 4) is 0 Å². The van der Waals surface area contributed by atoms with Crippen molar-refractivity contribution in [1.29, 1.82) is 0 Å². The average molecular weight is 308 g/mol. The number of alkyl halides is 1. The van der Waals surface area contributed by atoms with Crippen LogP contribution in [-0.4, -0.2) is 40.4 Å². The third-order valence-electron chi connectivity index (χ3n) is 3.95. The van der Waals surface area contributed by atoms with Gasteiger partial charge in [0.05, 0.1) is 19.2 Å². The Bertz CT molecular complexity index is 721. The molecule has 0 aliphatic carbocycles. The van der Waals surface area contributed by atoms with Crippen LogP contribution in [0.25, 0.3) is 16.3 Å². The molecule has 110 valence electrons. The van der Waals surface area contributed by atoms with E-state index in [1.165, 1.54) is 0 Å². The van der Waals surface area contributed by atoms with Gasteiger partial charge in [0.2, 0.25) is 0 Å². The van der Waals surface area contributed by atoms with Gasteiger partial charge in [0.25, 0.3) is 0 Å². The molecular weight excluding hydrogens is 293 g/mol. The zero-order valence-electron chi connectivity index (χ0n) is 11.6. The molecule has 0 aromatic carbocycles. The monoisotopic (exact) mass is 307 g/mol. The number of rotatable bonds is 3. The smallest absolute Gasteiger partial charge is 0.138 e. The maximum Gasteiger partial charge on any atom is 0.138 e. The highest BCUT2D eigenvalue weighted by molar-refractivity contribution is 6.30. The van der Waals surface area contributed by atoms with Gasteiger partial charge in [-0.25, -0.2) is 14.4 Å². The molecule has 1 N–H and O–H groups in total. The van der Waals surface area contributed by atoms with Gasteiger partial charge in [-0.1, -0.05) is 18.2 Å². The number of hydrogen-bond acceptors (Lipinski definition) is 4. The molecule has 6 heteroatoms. The van der Waals surface area contributed by atoms with Gasteiger partial charge in [-0.3, -0.25) is 0 Å². The van der Waals surface area contributed by atoms with Crippen molar-refractivity contribution >= 4 is 33.8 Å². The Hall–Kier alpha value is -1.72. The summed E-state index contributed by atoms with van der Waals surface area (Å²) < 4.78 is 13.4. The summed E-state index contributed by atoms with van der Waals surface area (Å²) >= 11 is 5.97. The molecule has 0 saturated carbocycles. The standard InChI is InChI=1S/C15H15ClFN3O/c1-8(7-21)11-4-19-15(20-6-13(17)9(20)2)12-5-18-14(16)3-10(11)12/h3-5,9,13,21H,1,6-7H2,2H3/t9-,13-/m1/s1. The first-order chi connectivity index (χ1) is 10.0. The van der Waals surface area contributed by atoms with Crippen LogP contribution in [0.2, 0.25) is 5.15 Å². The Morgan fingerprint density at radius 2 is 2.24 bits per heavy atom. The molecule has 2 aromatic heterocycles. The van der Waals surface area contributed by atoms with Gasteiger partial charge in [-0.05, 0) is 23.9 Å². The van der Waals surface area contributed by atoms with Gasteiger partial charge in [0.15, 0.2) is 0 Å². The fourth-order valence-corrected chi connectivity index (χ4v) is 2.69. The van der Waals surface area contributed by atoms with E-state index in [0.717, 1.165) is 16.3 Å². The number of fused-ring (bicyclic) bond motifs is 1. The van der Waals surface area contributed by atoms with Crippen molar-refractivity contribution in [3.05, 3.63) is 35.8 Å². The summed E-state index contributed by atoms with van der Waals surface area (Å²) in [4.78, 5) is 10.4. The molecule has 1 aliphatic heterocycles. The van der Waals surface area contributed by atoms with E-state index >= 15 is 0 Å². The Morgan fingerprint density at radius 3 is 2.86 bits per heavy atom. The molecule has 3 heterocycles. The van der Waals surface area contributed by atoms with E-state index in [9.17, 15) is 9.50 Å². The maximum absolute atomic E-state index is 13.4. The average Bonchev–Trinajstić information content (AvgIpc) is 2.50. The van der Waals surface area contributed by atoms with E-state index in [2.05, 4.69) is 16.5 Å². The van der Waals surface area contributed by atoms with Gasteiger partial charge in [0.1, 0.15) is 17.1 Å². The first kappa shape index (κ1) is 14.2. The normalized spacial score (nSPS) is 21.4. The third-order valence-corrected chi connectivity index (χ3v) is 4.15. The molecule has 1 fully saturated rings. The lowest BCUT2D eigenvalue weighted by atomic mass is 9.99. The first-order valence-corrected chi connectivity index (χ1v) is 7.04. The predicted molar refractivity (Wildman–Crippen MR) is 82.4 cm³/mol. The summed E-state index contributed by atoms with van der Waals surface area (Å²) in [5.41, 5.74) is 1.28. The lowest BCUT2D eigenvalue weighted by Crippen LogP contribution is -2.57. The number of pyridine rings is 2. The molecule has 3 rings (SSSR count). The molecule has 0 spiro atoms. The van der Waals surface area contributed by atoms with Crippen molar-refractivity contribution in [1.82, 2.24) is 9.97 Å². The summed E-state index contributed by atoms with van der Waals surface area (Å²) in [6.07, 6.45) is 2.44. The Kier molecular flexibility index (Phi) is 3.55. The van der Waals surface area contributed by atoms with Crippen molar-refractivity contribution in [2.24, 2.45) is 0 Å². The van der Waals surface area contributed by atoms with Crippen LogP contribution in [0, 0.1) is 0 Å². The molecule has 4 nitrogen and oxygen atoms in total. The second kappa shape index (κ2) is 5.24. The highest BCUT2D eigenvalue weighted by atomic mass is 35.5. The van der Waals surface area contributed by atoms with E-state index in [-0.39, 0.29) is 12.6 Å². The number of aliphatic hydroxyl groups is 1. The quantitative estimate of drug-likeness (QED) is 0.886. The Balaban J connectivity index is 2.18.